The van der Waals surface area contributed by atoms with Gasteiger partial charge in [-0.15, -0.1) is 0 Å². The summed E-state index contributed by atoms with van der Waals surface area (Å²) in [5, 5.41) is 10.6. The third-order valence-electron chi connectivity index (χ3n) is 4.27. The molecule has 1 saturated carbocycles. The second kappa shape index (κ2) is 3.72. The van der Waals surface area contributed by atoms with Crippen LogP contribution in [0.4, 0.5) is 11.4 Å². The molecule has 0 N–H and O–H groups in total. The molecule has 0 radical (unpaired) electrons. The molecule has 4 nitrogen and oxygen atoms in total. The smallest absolute Gasteiger partial charge is 0.269 e. The summed E-state index contributed by atoms with van der Waals surface area (Å²) in [5.41, 5.74) is 1.29. The van der Waals surface area contributed by atoms with Gasteiger partial charge in [-0.25, -0.2) is 0 Å². The lowest BCUT2D eigenvalue weighted by Crippen LogP contribution is -2.23. The average Bonchev–Trinajstić information content (AvgIpc) is 2.81. The van der Waals surface area contributed by atoms with Crippen molar-refractivity contribution in [2.75, 3.05) is 18.0 Å². The van der Waals surface area contributed by atoms with Gasteiger partial charge in [-0.05, 0) is 29.9 Å². The fourth-order valence-electron chi connectivity index (χ4n) is 3.25. The fourth-order valence-corrected chi connectivity index (χ4v) is 3.25. The predicted octanol–water partition coefficient (Wildman–Crippen LogP) is 2.69. The Morgan fingerprint density at radius 3 is 2.35 bits per heavy atom. The molecule has 1 heterocycles. The molecule has 2 aliphatic rings. The van der Waals surface area contributed by atoms with Crippen molar-refractivity contribution in [2.45, 2.75) is 13.3 Å². The van der Waals surface area contributed by atoms with E-state index in [1.165, 1.54) is 6.42 Å². The Balaban J connectivity index is 1.69. The number of piperidine rings is 1. The Hall–Kier alpha value is -1.58. The summed E-state index contributed by atoms with van der Waals surface area (Å²) < 4.78 is 0. The molecule has 1 aromatic rings. The number of nitro groups is 1. The van der Waals surface area contributed by atoms with Crippen molar-refractivity contribution in [3.8, 4) is 0 Å². The number of non-ortho nitro benzene ring substituents is 1. The minimum Gasteiger partial charge on any atom is -0.371 e. The maximum atomic E-state index is 10.6. The first-order valence-electron chi connectivity index (χ1n) is 6.20. The second-order valence-electron chi connectivity index (χ2n) is 5.08. The van der Waals surface area contributed by atoms with Crippen molar-refractivity contribution < 1.29 is 4.92 Å². The highest BCUT2D eigenvalue weighted by molar-refractivity contribution is 5.52. The Kier molecular flexibility index (Phi) is 2.31. The van der Waals surface area contributed by atoms with E-state index < -0.39 is 0 Å². The molecule has 1 saturated heterocycles. The molecule has 0 bridgehead atoms. The van der Waals surface area contributed by atoms with E-state index >= 15 is 0 Å². The number of nitro benzene ring substituents is 1. The zero-order valence-corrected chi connectivity index (χ0v) is 9.87. The maximum Gasteiger partial charge on any atom is 0.269 e. The molecule has 2 atom stereocenters. The highest BCUT2D eigenvalue weighted by Crippen LogP contribution is 2.54. The van der Waals surface area contributed by atoms with Crippen molar-refractivity contribution in [2.24, 2.45) is 17.8 Å². The van der Waals surface area contributed by atoms with Gasteiger partial charge in [0.1, 0.15) is 0 Å². The van der Waals surface area contributed by atoms with Crippen LogP contribution in [0.1, 0.15) is 13.3 Å². The number of hydrogen-bond donors (Lipinski definition) is 0. The zero-order chi connectivity index (χ0) is 12.0. The normalized spacial score (nSPS) is 30.2. The number of rotatable bonds is 3. The predicted molar refractivity (Wildman–Crippen MR) is 66.1 cm³/mol. The van der Waals surface area contributed by atoms with Gasteiger partial charge in [-0.2, -0.15) is 0 Å². The van der Waals surface area contributed by atoms with Crippen molar-refractivity contribution in [3.63, 3.8) is 0 Å². The Labute approximate surface area is 100 Å². The van der Waals surface area contributed by atoms with E-state index in [2.05, 4.69) is 11.8 Å². The third-order valence-corrected chi connectivity index (χ3v) is 4.27. The lowest BCUT2D eigenvalue weighted by molar-refractivity contribution is -0.384. The molecule has 2 unspecified atom stereocenters. The molecule has 1 aliphatic carbocycles. The summed E-state index contributed by atoms with van der Waals surface area (Å²) in [6.45, 7) is 4.52. The van der Waals surface area contributed by atoms with E-state index in [-0.39, 0.29) is 10.6 Å². The number of fused-ring (bicyclic) bond motifs is 1. The summed E-state index contributed by atoms with van der Waals surface area (Å²) in [6, 6.07) is 6.92. The van der Waals surface area contributed by atoms with Gasteiger partial charge < -0.3 is 4.90 Å². The molecule has 3 rings (SSSR count). The van der Waals surface area contributed by atoms with Crippen LogP contribution in [0, 0.1) is 27.9 Å². The van der Waals surface area contributed by atoms with Crippen molar-refractivity contribution >= 4 is 11.4 Å². The van der Waals surface area contributed by atoms with Gasteiger partial charge in [-0.3, -0.25) is 10.1 Å². The molecule has 90 valence electrons. The van der Waals surface area contributed by atoms with Crippen LogP contribution >= 0.6 is 0 Å². The fraction of sp³-hybridized carbons (Fsp3) is 0.538. The van der Waals surface area contributed by atoms with Crippen LogP contribution in [-0.2, 0) is 0 Å². The van der Waals surface area contributed by atoms with Crippen LogP contribution in [0.5, 0.6) is 0 Å². The highest BCUT2D eigenvalue weighted by Gasteiger charge is 2.54. The molecule has 2 fully saturated rings. The zero-order valence-electron chi connectivity index (χ0n) is 9.87. The largest absolute Gasteiger partial charge is 0.371 e. The van der Waals surface area contributed by atoms with Gasteiger partial charge >= 0.3 is 0 Å². The quantitative estimate of drug-likeness (QED) is 0.594. The summed E-state index contributed by atoms with van der Waals surface area (Å²) in [4.78, 5) is 12.6. The Morgan fingerprint density at radius 2 is 1.88 bits per heavy atom. The lowest BCUT2D eigenvalue weighted by atomic mass is 10.2. The molecule has 0 aromatic heterocycles. The number of nitrogens with zero attached hydrogens (tertiary/aromatic N) is 2. The van der Waals surface area contributed by atoms with Crippen molar-refractivity contribution in [1.82, 2.24) is 0 Å². The van der Waals surface area contributed by atoms with Gasteiger partial charge in [0.25, 0.3) is 5.69 Å². The van der Waals surface area contributed by atoms with Crippen LogP contribution in [-0.4, -0.2) is 18.0 Å². The Bertz CT molecular complexity index is 431. The van der Waals surface area contributed by atoms with Gasteiger partial charge in [0.15, 0.2) is 0 Å². The summed E-state index contributed by atoms with van der Waals surface area (Å²) in [6.07, 6.45) is 1.30. The summed E-state index contributed by atoms with van der Waals surface area (Å²) in [5.74, 6) is 2.68. The minimum absolute atomic E-state index is 0.171. The molecule has 17 heavy (non-hydrogen) atoms. The minimum atomic E-state index is -0.349. The molecular weight excluding hydrogens is 216 g/mol. The summed E-state index contributed by atoms with van der Waals surface area (Å²) >= 11 is 0. The SMILES string of the molecule is CCC1C2CN(c3ccc([N+](=O)[O-])cc3)CC12. The molecule has 0 spiro atoms. The van der Waals surface area contributed by atoms with Crippen LogP contribution in [0.2, 0.25) is 0 Å². The molecular formula is C13H16N2O2. The average molecular weight is 232 g/mol. The van der Waals surface area contributed by atoms with Gasteiger partial charge in [0.2, 0.25) is 0 Å². The first-order valence-corrected chi connectivity index (χ1v) is 6.20. The standard InChI is InChI=1S/C13H16N2O2/c1-2-11-12-7-14(8-13(11)12)9-3-5-10(6-4-9)15(16)17/h3-6,11-13H,2,7-8H2,1H3. The number of anilines is 1. The van der Waals surface area contributed by atoms with Crippen LogP contribution in [0.25, 0.3) is 0 Å². The van der Waals surface area contributed by atoms with Crippen LogP contribution in [0.15, 0.2) is 24.3 Å². The van der Waals surface area contributed by atoms with E-state index in [0.29, 0.717) is 0 Å². The maximum absolute atomic E-state index is 10.6. The number of benzene rings is 1. The van der Waals surface area contributed by atoms with Gasteiger partial charge in [0.05, 0.1) is 4.92 Å². The Morgan fingerprint density at radius 1 is 1.29 bits per heavy atom. The first-order chi connectivity index (χ1) is 8.20. The van der Waals surface area contributed by atoms with Gasteiger partial charge in [-0.1, -0.05) is 13.3 Å². The lowest BCUT2D eigenvalue weighted by Gasteiger charge is -2.21. The third kappa shape index (κ3) is 1.68. The second-order valence-corrected chi connectivity index (χ2v) is 5.08. The van der Waals surface area contributed by atoms with Crippen LogP contribution < -0.4 is 4.90 Å². The van der Waals surface area contributed by atoms with E-state index in [1.54, 1.807) is 12.1 Å². The first kappa shape index (κ1) is 10.6. The van der Waals surface area contributed by atoms with E-state index in [1.807, 2.05) is 12.1 Å². The highest BCUT2D eigenvalue weighted by atomic mass is 16.6. The topological polar surface area (TPSA) is 46.4 Å². The summed E-state index contributed by atoms with van der Waals surface area (Å²) in [7, 11) is 0. The monoisotopic (exact) mass is 232 g/mol. The van der Waals surface area contributed by atoms with Crippen molar-refractivity contribution in [1.29, 1.82) is 0 Å². The van der Waals surface area contributed by atoms with Gasteiger partial charge in [0, 0.05) is 30.9 Å². The molecule has 1 aliphatic heterocycles. The number of hydrogen-bond acceptors (Lipinski definition) is 3. The van der Waals surface area contributed by atoms with E-state index in [9.17, 15) is 10.1 Å². The van der Waals surface area contributed by atoms with E-state index in [0.717, 1.165) is 36.5 Å². The van der Waals surface area contributed by atoms with E-state index in [4.69, 9.17) is 0 Å². The molecule has 1 aromatic carbocycles. The molecule has 0 amide bonds. The van der Waals surface area contributed by atoms with Crippen molar-refractivity contribution in [3.05, 3.63) is 34.4 Å². The van der Waals surface area contributed by atoms with Crippen LogP contribution in [0.3, 0.4) is 0 Å². The molecule has 4 heteroatoms.